The van der Waals surface area contributed by atoms with Crippen LogP contribution in [0.15, 0.2) is 23.1 Å². The van der Waals surface area contributed by atoms with Crippen LogP contribution in [0.1, 0.15) is 50.2 Å². The molecule has 0 aliphatic carbocycles. The topological polar surface area (TPSA) is 99.8 Å². The predicted octanol–water partition coefficient (Wildman–Crippen LogP) is 2.61. The molecule has 1 fully saturated rings. The molecule has 1 N–H and O–H groups in total. The minimum absolute atomic E-state index is 0.0998. The lowest BCUT2D eigenvalue weighted by Gasteiger charge is -2.33. The molecule has 8 nitrogen and oxygen atoms in total. The van der Waals surface area contributed by atoms with Crippen LogP contribution in [0.2, 0.25) is 0 Å². The van der Waals surface area contributed by atoms with Gasteiger partial charge in [-0.2, -0.15) is 4.31 Å². The van der Waals surface area contributed by atoms with Gasteiger partial charge >= 0.3 is 5.97 Å². The van der Waals surface area contributed by atoms with Gasteiger partial charge in [0.1, 0.15) is 5.69 Å². The third kappa shape index (κ3) is 4.79. The van der Waals surface area contributed by atoms with Crippen molar-refractivity contribution in [2.45, 2.75) is 39.5 Å². The molecule has 0 bridgehead atoms. The van der Waals surface area contributed by atoms with E-state index in [-0.39, 0.29) is 18.9 Å². The summed E-state index contributed by atoms with van der Waals surface area (Å²) in [6.07, 6.45) is 0. The number of H-pyrrole nitrogens is 1. The number of piperazine rings is 1. The average Bonchev–Trinajstić information content (AvgIpc) is 3.04. The van der Waals surface area contributed by atoms with Crippen LogP contribution < -0.4 is 0 Å². The van der Waals surface area contributed by atoms with E-state index in [9.17, 15) is 18.0 Å². The molecular weight excluding hydrogens is 430 g/mol. The van der Waals surface area contributed by atoms with Crippen molar-refractivity contribution in [3.05, 3.63) is 51.8 Å². The number of aromatic nitrogens is 1. The van der Waals surface area contributed by atoms with E-state index in [1.807, 2.05) is 24.8 Å². The Balaban J connectivity index is 1.66. The zero-order valence-electron chi connectivity index (χ0n) is 19.3. The molecule has 9 heteroatoms. The van der Waals surface area contributed by atoms with Crippen molar-refractivity contribution in [1.82, 2.24) is 14.2 Å². The summed E-state index contributed by atoms with van der Waals surface area (Å²) in [6.45, 7) is 11.1. The molecule has 2 heterocycles. The summed E-state index contributed by atoms with van der Waals surface area (Å²) >= 11 is 0. The highest BCUT2D eigenvalue weighted by Gasteiger charge is 2.30. The third-order valence-electron chi connectivity index (χ3n) is 6.01. The minimum atomic E-state index is -3.57. The van der Waals surface area contributed by atoms with Crippen LogP contribution in [0.3, 0.4) is 0 Å². The molecule has 1 aromatic heterocycles. The quantitative estimate of drug-likeness (QED) is 0.503. The van der Waals surface area contributed by atoms with Gasteiger partial charge in [-0.25, -0.2) is 13.2 Å². The molecule has 0 amide bonds. The Morgan fingerprint density at radius 3 is 2.28 bits per heavy atom. The first-order valence-corrected chi connectivity index (χ1v) is 12.2. The van der Waals surface area contributed by atoms with Crippen LogP contribution in [0, 0.1) is 27.7 Å². The summed E-state index contributed by atoms with van der Waals surface area (Å²) in [7, 11) is -3.57. The largest absolute Gasteiger partial charge is 0.461 e. The number of benzene rings is 1. The number of hydrogen-bond acceptors (Lipinski definition) is 6. The maximum Gasteiger partial charge on any atom is 0.355 e. The summed E-state index contributed by atoms with van der Waals surface area (Å²) in [6, 6.07) is 5.18. The van der Waals surface area contributed by atoms with Crippen LogP contribution >= 0.6 is 0 Å². The van der Waals surface area contributed by atoms with Crippen molar-refractivity contribution in [2.24, 2.45) is 0 Å². The Morgan fingerprint density at radius 2 is 1.69 bits per heavy atom. The highest BCUT2D eigenvalue weighted by molar-refractivity contribution is 7.89. The van der Waals surface area contributed by atoms with E-state index in [2.05, 4.69) is 4.98 Å². The molecule has 3 rings (SSSR count). The molecule has 1 aliphatic rings. The van der Waals surface area contributed by atoms with Crippen molar-refractivity contribution in [2.75, 3.05) is 39.3 Å². The molecule has 32 heavy (non-hydrogen) atoms. The first-order valence-electron chi connectivity index (χ1n) is 10.8. The third-order valence-corrected chi connectivity index (χ3v) is 7.91. The predicted molar refractivity (Wildman–Crippen MR) is 122 cm³/mol. The first-order chi connectivity index (χ1) is 15.1. The molecule has 174 valence electrons. The highest BCUT2D eigenvalue weighted by Crippen LogP contribution is 2.22. The SMILES string of the molecule is CCOC(=O)c1[nH]c(C)c(C(=O)CN2CCN(S(=O)(=O)c3ccc(C)c(C)c3)CC2)c1C. The Bertz CT molecular complexity index is 1130. The van der Waals surface area contributed by atoms with Crippen molar-refractivity contribution in [3.8, 4) is 0 Å². The van der Waals surface area contributed by atoms with Gasteiger partial charge in [0.2, 0.25) is 10.0 Å². The molecule has 1 aliphatic heterocycles. The molecule has 1 aromatic carbocycles. The van der Waals surface area contributed by atoms with Gasteiger partial charge in [-0.05, 0) is 63.4 Å². The van der Waals surface area contributed by atoms with Gasteiger partial charge in [0, 0.05) is 37.4 Å². The summed E-state index contributed by atoms with van der Waals surface area (Å²) in [5, 5.41) is 0. The van der Waals surface area contributed by atoms with Gasteiger partial charge in [0.25, 0.3) is 0 Å². The van der Waals surface area contributed by atoms with Crippen molar-refractivity contribution >= 4 is 21.8 Å². The lowest BCUT2D eigenvalue weighted by Crippen LogP contribution is -2.49. The normalized spacial score (nSPS) is 15.7. The average molecular weight is 462 g/mol. The number of carbonyl (C=O) groups excluding carboxylic acids is 2. The number of nitrogens with zero attached hydrogens (tertiary/aromatic N) is 2. The van der Waals surface area contributed by atoms with Crippen molar-refractivity contribution in [3.63, 3.8) is 0 Å². The zero-order chi connectivity index (χ0) is 23.6. The number of esters is 1. The van der Waals surface area contributed by atoms with E-state index in [1.54, 1.807) is 32.9 Å². The summed E-state index contributed by atoms with van der Waals surface area (Å²) in [5.41, 5.74) is 4.01. The van der Waals surface area contributed by atoms with Crippen LogP contribution in [-0.2, 0) is 14.8 Å². The highest BCUT2D eigenvalue weighted by atomic mass is 32.2. The zero-order valence-corrected chi connectivity index (χ0v) is 20.1. The standard InChI is InChI=1S/C23H31N3O5S/c1-6-31-23(28)22-17(4)21(18(5)24-22)20(27)14-25-9-11-26(12-10-25)32(29,30)19-8-7-15(2)16(3)13-19/h7-8,13,24H,6,9-12,14H2,1-5H3. The molecule has 0 unspecified atom stereocenters. The summed E-state index contributed by atoms with van der Waals surface area (Å²) < 4.78 is 32.5. The van der Waals surface area contributed by atoms with Gasteiger partial charge in [-0.1, -0.05) is 6.07 Å². The fourth-order valence-corrected chi connectivity index (χ4v) is 5.52. The number of carbonyl (C=O) groups is 2. The Hall–Kier alpha value is -2.49. The number of Topliss-reactive ketones (excluding diaryl/α,β-unsaturated/α-hetero) is 1. The van der Waals surface area contributed by atoms with Crippen LogP contribution in [0.25, 0.3) is 0 Å². The molecule has 0 saturated carbocycles. The molecule has 0 radical (unpaired) electrons. The second-order valence-corrected chi connectivity index (χ2v) is 10.1. The van der Waals surface area contributed by atoms with Gasteiger partial charge < -0.3 is 9.72 Å². The maximum atomic E-state index is 13.0. The van der Waals surface area contributed by atoms with Gasteiger partial charge in [0.05, 0.1) is 18.0 Å². The molecule has 0 spiro atoms. The second-order valence-electron chi connectivity index (χ2n) is 8.19. The van der Waals surface area contributed by atoms with E-state index < -0.39 is 16.0 Å². The number of hydrogen-bond donors (Lipinski definition) is 1. The summed E-state index contributed by atoms with van der Waals surface area (Å²) in [4.78, 5) is 30.3. The van der Waals surface area contributed by atoms with E-state index >= 15 is 0 Å². The molecular formula is C23H31N3O5S. The van der Waals surface area contributed by atoms with Gasteiger partial charge in [-0.15, -0.1) is 0 Å². The number of ether oxygens (including phenoxy) is 1. The van der Waals surface area contributed by atoms with Crippen molar-refractivity contribution < 1.29 is 22.7 Å². The summed E-state index contributed by atoms with van der Waals surface area (Å²) in [5.74, 6) is -0.574. The smallest absolute Gasteiger partial charge is 0.355 e. The molecule has 1 saturated heterocycles. The van der Waals surface area contributed by atoms with Crippen LogP contribution in [0.5, 0.6) is 0 Å². The Morgan fingerprint density at radius 1 is 1.03 bits per heavy atom. The Kier molecular flexibility index (Phi) is 7.22. The van der Waals surface area contributed by atoms with Crippen molar-refractivity contribution in [1.29, 1.82) is 0 Å². The van der Waals surface area contributed by atoms with E-state index in [4.69, 9.17) is 4.74 Å². The lowest BCUT2D eigenvalue weighted by molar-refractivity contribution is 0.0519. The Labute approximate surface area is 189 Å². The number of aryl methyl sites for hydroxylation is 3. The number of sulfonamides is 1. The maximum absolute atomic E-state index is 13.0. The second kappa shape index (κ2) is 9.56. The fourth-order valence-electron chi connectivity index (χ4n) is 4.01. The monoisotopic (exact) mass is 461 g/mol. The lowest BCUT2D eigenvalue weighted by atomic mass is 10.0. The minimum Gasteiger partial charge on any atom is -0.461 e. The number of aromatic amines is 1. The molecule has 2 aromatic rings. The fraction of sp³-hybridized carbons (Fsp3) is 0.478. The van der Waals surface area contributed by atoms with E-state index in [1.165, 1.54) is 4.31 Å². The number of rotatable bonds is 7. The number of nitrogens with one attached hydrogen (secondary N) is 1. The number of ketones is 1. The van der Waals surface area contributed by atoms with Crippen LogP contribution in [-0.4, -0.2) is 73.7 Å². The molecule has 0 atom stereocenters. The van der Waals surface area contributed by atoms with E-state index in [0.29, 0.717) is 53.6 Å². The first kappa shape index (κ1) is 24.2. The van der Waals surface area contributed by atoms with Gasteiger partial charge in [0.15, 0.2) is 5.78 Å². The van der Waals surface area contributed by atoms with Gasteiger partial charge in [-0.3, -0.25) is 9.69 Å². The van der Waals surface area contributed by atoms with Crippen LogP contribution in [0.4, 0.5) is 0 Å². The van der Waals surface area contributed by atoms with E-state index in [0.717, 1.165) is 11.1 Å².